The van der Waals surface area contributed by atoms with E-state index in [1.165, 1.54) is 5.56 Å². The van der Waals surface area contributed by atoms with Crippen molar-refractivity contribution in [3.63, 3.8) is 0 Å². The Morgan fingerprint density at radius 1 is 1.04 bits per heavy atom. The predicted molar refractivity (Wildman–Crippen MR) is 90.7 cm³/mol. The first-order chi connectivity index (χ1) is 11.3. The quantitative estimate of drug-likeness (QED) is 0.855. The molecule has 0 fully saturated rings. The van der Waals surface area contributed by atoms with E-state index in [1.54, 1.807) is 6.08 Å². The molecule has 1 unspecified atom stereocenters. The van der Waals surface area contributed by atoms with Gasteiger partial charge in [-0.25, -0.2) is 0 Å². The number of ketones is 1. The van der Waals surface area contributed by atoms with Crippen molar-refractivity contribution in [3.8, 4) is 5.75 Å². The molecule has 2 aromatic rings. The average Bonchev–Trinajstić information content (AvgIpc) is 3.10. The zero-order valence-electron chi connectivity index (χ0n) is 12.7. The van der Waals surface area contributed by atoms with Crippen LogP contribution < -0.4 is 4.74 Å². The highest BCUT2D eigenvalue weighted by Crippen LogP contribution is 2.30. The molecule has 3 heteroatoms. The average molecular weight is 303 g/mol. The molecule has 23 heavy (non-hydrogen) atoms. The molecule has 1 aliphatic heterocycles. The van der Waals surface area contributed by atoms with Crippen LogP contribution in [0.2, 0.25) is 0 Å². The Morgan fingerprint density at radius 3 is 2.65 bits per heavy atom. The third kappa shape index (κ3) is 2.82. The minimum absolute atomic E-state index is 0.0793. The van der Waals surface area contributed by atoms with Crippen molar-refractivity contribution in [2.75, 3.05) is 0 Å². The Hall–Kier alpha value is -2.68. The first kappa shape index (κ1) is 13.9. The van der Waals surface area contributed by atoms with Gasteiger partial charge in [-0.05, 0) is 42.3 Å². The number of aliphatic imine (C=N–C) groups is 1. The Balaban J connectivity index is 1.58. The molecule has 1 heterocycles. The maximum absolute atomic E-state index is 11.9. The van der Waals surface area contributed by atoms with Crippen LogP contribution in [-0.2, 0) is 11.2 Å². The summed E-state index contributed by atoms with van der Waals surface area (Å²) >= 11 is 0. The number of hydrogen-bond donors (Lipinski definition) is 0. The van der Waals surface area contributed by atoms with Crippen molar-refractivity contribution in [2.45, 2.75) is 25.3 Å². The van der Waals surface area contributed by atoms with Crippen LogP contribution in [0.4, 0.5) is 0 Å². The number of ether oxygens (including phenoxy) is 1. The summed E-state index contributed by atoms with van der Waals surface area (Å²) in [5.74, 6) is 1.45. The fraction of sp³-hybridized carbons (Fsp3) is 0.200. The second-order valence-electron chi connectivity index (χ2n) is 5.90. The zero-order chi connectivity index (χ0) is 15.6. The van der Waals surface area contributed by atoms with E-state index in [0.717, 1.165) is 29.7 Å². The maximum atomic E-state index is 11.9. The summed E-state index contributed by atoms with van der Waals surface area (Å²) in [4.78, 5) is 16.4. The van der Waals surface area contributed by atoms with Crippen LogP contribution in [0.15, 0.2) is 59.6 Å². The first-order valence-corrected chi connectivity index (χ1v) is 7.92. The van der Waals surface area contributed by atoms with Gasteiger partial charge in [0.15, 0.2) is 5.78 Å². The number of benzene rings is 2. The smallest absolute Gasteiger partial charge is 0.163 e. The SMILES string of the molecule is O=C1C=C(Oc2ccc(C3CCC=N3)cc2)c2ccccc2C1. The minimum atomic E-state index is 0.0793. The molecule has 3 nitrogen and oxygen atoms in total. The lowest BCUT2D eigenvalue weighted by atomic mass is 9.95. The molecule has 0 amide bonds. The van der Waals surface area contributed by atoms with Crippen molar-refractivity contribution in [1.29, 1.82) is 0 Å². The molecular formula is C20H17NO2. The van der Waals surface area contributed by atoms with E-state index in [-0.39, 0.29) is 11.8 Å². The second-order valence-corrected chi connectivity index (χ2v) is 5.90. The first-order valence-electron chi connectivity index (χ1n) is 7.92. The molecule has 0 radical (unpaired) electrons. The lowest BCUT2D eigenvalue weighted by molar-refractivity contribution is -0.114. The van der Waals surface area contributed by atoms with Gasteiger partial charge in [-0.1, -0.05) is 36.4 Å². The molecule has 1 atom stereocenters. The van der Waals surface area contributed by atoms with Crippen LogP contribution >= 0.6 is 0 Å². The third-order valence-corrected chi connectivity index (χ3v) is 4.29. The normalized spacial score (nSPS) is 19.4. The molecule has 0 aromatic heterocycles. The van der Waals surface area contributed by atoms with Crippen molar-refractivity contribution >= 4 is 17.8 Å². The van der Waals surface area contributed by atoms with Gasteiger partial charge in [0.2, 0.25) is 0 Å². The van der Waals surface area contributed by atoms with Gasteiger partial charge in [0.1, 0.15) is 11.5 Å². The second kappa shape index (κ2) is 5.84. The number of hydrogen-bond acceptors (Lipinski definition) is 3. The van der Waals surface area contributed by atoms with Gasteiger partial charge in [-0.2, -0.15) is 0 Å². The number of nitrogens with zero attached hydrogens (tertiary/aromatic N) is 1. The molecule has 2 aromatic carbocycles. The molecule has 1 aliphatic carbocycles. The minimum Gasteiger partial charge on any atom is -0.457 e. The van der Waals surface area contributed by atoms with E-state index in [4.69, 9.17) is 4.74 Å². The summed E-state index contributed by atoms with van der Waals surface area (Å²) in [6.07, 6.45) is 6.16. The highest BCUT2D eigenvalue weighted by molar-refractivity contribution is 6.00. The van der Waals surface area contributed by atoms with E-state index < -0.39 is 0 Å². The van der Waals surface area contributed by atoms with Gasteiger partial charge in [0.25, 0.3) is 0 Å². The Morgan fingerprint density at radius 2 is 1.87 bits per heavy atom. The maximum Gasteiger partial charge on any atom is 0.163 e. The highest BCUT2D eigenvalue weighted by Gasteiger charge is 2.19. The van der Waals surface area contributed by atoms with E-state index in [2.05, 4.69) is 17.1 Å². The van der Waals surface area contributed by atoms with Gasteiger partial charge in [-0.3, -0.25) is 9.79 Å². The molecule has 4 rings (SSSR count). The standard InChI is InChI=1S/C20H17NO2/c22-16-12-15-4-1-2-5-18(15)20(13-16)23-17-9-7-14(8-10-17)19-6-3-11-21-19/h1-2,4-5,7-11,13,19H,3,6,12H2. The van der Waals surface area contributed by atoms with E-state index in [0.29, 0.717) is 12.2 Å². The van der Waals surface area contributed by atoms with Gasteiger partial charge in [0, 0.05) is 18.1 Å². The number of carbonyl (C=O) groups is 1. The molecule has 2 aliphatic rings. The zero-order valence-corrected chi connectivity index (χ0v) is 12.7. The topological polar surface area (TPSA) is 38.7 Å². The van der Waals surface area contributed by atoms with E-state index in [1.807, 2.05) is 42.6 Å². The Kier molecular flexibility index (Phi) is 3.54. The number of allylic oxidation sites excluding steroid dienone is 1. The molecule has 0 N–H and O–H groups in total. The van der Waals surface area contributed by atoms with Crippen LogP contribution in [-0.4, -0.2) is 12.0 Å². The van der Waals surface area contributed by atoms with Crippen LogP contribution in [0.25, 0.3) is 5.76 Å². The Labute approximate surface area is 135 Å². The fourth-order valence-corrected chi connectivity index (χ4v) is 3.11. The van der Waals surface area contributed by atoms with Gasteiger partial charge in [-0.15, -0.1) is 0 Å². The number of rotatable bonds is 3. The van der Waals surface area contributed by atoms with Crippen LogP contribution in [0.3, 0.4) is 0 Å². The molecule has 0 saturated carbocycles. The van der Waals surface area contributed by atoms with Crippen molar-refractivity contribution < 1.29 is 9.53 Å². The fourth-order valence-electron chi connectivity index (χ4n) is 3.11. The largest absolute Gasteiger partial charge is 0.457 e. The lowest BCUT2D eigenvalue weighted by Gasteiger charge is -2.18. The van der Waals surface area contributed by atoms with Crippen molar-refractivity contribution in [3.05, 3.63) is 71.3 Å². The van der Waals surface area contributed by atoms with Gasteiger partial charge in [0.05, 0.1) is 6.04 Å². The highest BCUT2D eigenvalue weighted by atomic mass is 16.5. The van der Waals surface area contributed by atoms with Crippen LogP contribution in [0.1, 0.15) is 35.6 Å². The van der Waals surface area contributed by atoms with Crippen molar-refractivity contribution in [1.82, 2.24) is 0 Å². The van der Waals surface area contributed by atoms with E-state index in [9.17, 15) is 4.79 Å². The number of carbonyl (C=O) groups excluding carboxylic acids is 1. The summed E-state index contributed by atoms with van der Waals surface area (Å²) in [6, 6.07) is 16.2. The summed E-state index contributed by atoms with van der Waals surface area (Å²) in [5.41, 5.74) is 3.23. The lowest BCUT2D eigenvalue weighted by Crippen LogP contribution is -2.12. The van der Waals surface area contributed by atoms with Gasteiger partial charge >= 0.3 is 0 Å². The molecule has 0 bridgehead atoms. The molecule has 114 valence electrons. The third-order valence-electron chi connectivity index (χ3n) is 4.29. The van der Waals surface area contributed by atoms with Crippen molar-refractivity contribution in [2.24, 2.45) is 4.99 Å². The summed E-state index contributed by atoms with van der Waals surface area (Å²) < 4.78 is 5.97. The van der Waals surface area contributed by atoms with Gasteiger partial charge < -0.3 is 4.74 Å². The van der Waals surface area contributed by atoms with Crippen LogP contribution in [0, 0.1) is 0 Å². The van der Waals surface area contributed by atoms with E-state index >= 15 is 0 Å². The summed E-state index contributed by atoms with van der Waals surface area (Å²) in [6.45, 7) is 0. The summed E-state index contributed by atoms with van der Waals surface area (Å²) in [7, 11) is 0. The Bertz CT molecular complexity index is 803. The molecule has 0 spiro atoms. The molecule has 0 saturated heterocycles. The monoisotopic (exact) mass is 303 g/mol. The molecular weight excluding hydrogens is 286 g/mol. The summed E-state index contributed by atoms with van der Waals surface area (Å²) in [5, 5.41) is 0. The van der Waals surface area contributed by atoms with Crippen LogP contribution in [0.5, 0.6) is 5.75 Å². The predicted octanol–water partition coefficient (Wildman–Crippen LogP) is 4.14. The number of fused-ring (bicyclic) bond motifs is 1.